The summed E-state index contributed by atoms with van der Waals surface area (Å²) in [5.41, 5.74) is 8.43. The Labute approximate surface area is 99.7 Å². The van der Waals surface area contributed by atoms with Gasteiger partial charge in [-0.05, 0) is 35.6 Å². The number of nitrogens with two attached hydrogens (primary N) is 1. The van der Waals surface area contributed by atoms with Gasteiger partial charge in [-0.15, -0.1) is 11.3 Å². The Morgan fingerprint density at radius 2 is 2.12 bits per heavy atom. The van der Waals surface area contributed by atoms with Crippen LogP contribution >= 0.6 is 11.3 Å². The van der Waals surface area contributed by atoms with E-state index in [-0.39, 0.29) is 6.04 Å². The van der Waals surface area contributed by atoms with Gasteiger partial charge in [-0.25, -0.2) is 0 Å². The number of methoxy groups -OCH3 is 1. The second-order valence-electron chi connectivity index (χ2n) is 3.72. The molecular formula is C13H15NOS. The van der Waals surface area contributed by atoms with Crippen LogP contribution < -0.4 is 10.5 Å². The summed E-state index contributed by atoms with van der Waals surface area (Å²) in [6.07, 6.45) is 0. The van der Waals surface area contributed by atoms with E-state index < -0.39 is 0 Å². The Balaban J connectivity index is 2.31. The summed E-state index contributed by atoms with van der Waals surface area (Å²) >= 11 is 1.69. The summed E-state index contributed by atoms with van der Waals surface area (Å²) in [6, 6.07) is 10.1. The standard InChI is InChI=1S/C13H15NOS/c1-9-8-10(5-6-11(9)15-2)13(14)12-4-3-7-16-12/h3-8,13H,14H2,1-2H3. The van der Waals surface area contributed by atoms with Crippen LogP contribution in [0.1, 0.15) is 22.0 Å². The lowest BCUT2D eigenvalue weighted by atomic mass is 10.0. The van der Waals surface area contributed by atoms with Crippen molar-refractivity contribution in [2.45, 2.75) is 13.0 Å². The highest BCUT2D eigenvalue weighted by Gasteiger charge is 2.10. The smallest absolute Gasteiger partial charge is 0.121 e. The van der Waals surface area contributed by atoms with Crippen LogP contribution in [-0.2, 0) is 0 Å². The van der Waals surface area contributed by atoms with Crippen LogP contribution in [0.25, 0.3) is 0 Å². The third-order valence-electron chi connectivity index (χ3n) is 2.63. The Hall–Kier alpha value is -1.32. The summed E-state index contributed by atoms with van der Waals surface area (Å²) in [4.78, 5) is 1.18. The molecule has 2 aromatic rings. The zero-order chi connectivity index (χ0) is 11.5. The first kappa shape index (κ1) is 11.2. The zero-order valence-electron chi connectivity index (χ0n) is 9.44. The van der Waals surface area contributed by atoms with Crippen molar-refractivity contribution in [1.29, 1.82) is 0 Å². The first-order valence-electron chi connectivity index (χ1n) is 5.16. The van der Waals surface area contributed by atoms with Crippen molar-refractivity contribution in [2.75, 3.05) is 7.11 Å². The average molecular weight is 233 g/mol. The van der Waals surface area contributed by atoms with E-state index >= 15 is 0 Å². The van der Waals surface area contributed by atoms with Gasteiger partial charge in [0.05, 0.1) is 13.2 Å². The molecule has 0 fully saturated rings. The molecule has 0 aliphatic heterocycles. The van der Waals surface area contributed by atoms with Crippen LogP contribution in [0.15, 0.2) is 35.7 Å². The lowest BCUT2D eigenvalue weighted by molar-refractivity contribution is 0.411. The number of hydrogen-bond acceptors (Lipinski definition) is 3. The molecule has 0 aliphatic carbocycles. The molecule has 0 radical (unpaired) electrons. The van der Waals surface area contributed by atoms with E-state index in [4.69, 9.17) is 10.5 Å². The van der Waals surface area contributed by atoms with Crippen LogP contribution in [0.3, 0.4) is 0 Å². The van der Waals surface area contributed by atoms with E-state index in [9.17, 15) is 0 Å². The first-order valence-corrected chi connectivity index (χ1v) is 6.04. The second-order valence-corrected chi connectivity index (χ2v) is 4.70. The number of thiophene rings is 1. The Morgan fingerprint density at radius 1 is 1.31 bits per heavy atom. The van der Waals surface area contributed by atoms with Gasteiger partial charge in [-0.2, -0.15) is 0 Å². The molecule has 16 heavy (non-hydrogen) atoms. The van der Waals surface area contributed by atoms with Gasteiger partial charge in [0.25, 0.3) is 0 Å². The van der Waals surface area contributed by atoms with Crippen molar-refractivity contribution < 1.29 is 4.74 Å². The van der Waals surface area contributed by atoms with Crippen LogP contribution in [0, 0.1) is 6.92 Å². The topological polar surface area (TPSA) is 35.2 Å². The van der Waals surface area contributed by atoms with E-state index in [1.54, 1.807) is 18.4 Å². The molecule has 1 unspecified atom stereocenters. The number of ether oxygens (including phenoxy) is 1. The van der Waals surface area contributed by atoms with Crippen LogP contribution in [0.5, 0.6) is 5.75 Å². The Morgan fingerprint density at radius 3 is 2.69 bits per heavy atom. The van der Waals surface area contributed by atoms with E-state index in [2.05, 4.69) is 12.1 Å². The monoisotopic (exact) mass is 233 g/mol. The quantitative estimate of drug-likeness (QED) is 0.884. The molecule has 1 aromatic carbocycles. The molecule has 0 bridgehead atoms. The maximum Gasteiger partial charge on any atom is 0.121 e. The summed E-state index contributed by atoms with van der Waals surface area (Å²) in [5.74, 6) is 0.905. The van der Waals surface area contributed by atoms with E-state index in [1.165, 1.54) is 4.88 Å². The predicted octanol–water partition coefficient (Wildman–Crippen LogP) is 3.11. The molecule has 0 spiro atoms. The summed E-state index contributed by atoms with van der Waals surface area (Å²) in [5, 5.41) is 2.05. The number of rotatable bonds is 3. The van der Waals surface area contributed by atoms with Gasteiger partial charge in [-0.3, -0.25) is 0 Å². The van der Waals surface area contributed by atoms with Crippen molar-refractivity contribution in [1.82, 2.24) is 0 Å². The molecule has 2 N–H and O–H groups in total. The number of aryl methyl sites for hydroxylation is 1. The SMILES string of the molecule is COc1ccc(C(N)c2cccs2)cc1C. The van der Waals surface area contributed by atoms with E-state index in [1.807, 2.05) is 30.5 Å². The van der Waals surface area contributed by atoms with Gasteiger partial charge in [0.1, 0.15) is 5.75 Å². The third kappa shape index (κ3) is 2.10. The first-order chi connectivity index (χ1) is 7.72. The van der Waals surface area contributed by atoms with Gasteiger partial charge in [0.2, 0.25) is 0 Å². The highest BCUT2D eigenvalue weighted by Crippen LogP contribution is 2.27. The minimum atomic E-state index is -0.0374. The van der Waals surface area contributed by atoms with Gasteiger partial charge < -0.3 is 10.5 Å². The molecule has 1 atom stereocenters. The van der Waals surface area contributed by atoms with Crippen LogP contribution in [0.2, 0.25) is 0 Å². The maximum absolute atomic E-state index is 6.19. The normalized spacial score (nSPS) is 12.4. The third-order valence-corrected chi connectivity index (χ3v) is 3.58. The average Bonchev–Trinajstić information content (AvgIpc) is 2.81. The van der Waals surface area contributed by atoms with Crippen molar-refractivity contribution in [3.05, 3.63) is 51.7 Å². The van der Waals surface area contributed by atoms with Gasteiger partial charge in [-0.1, -0.05) is 18.2 Å². The number of benzene rings is 1. The molecule has 0 aliphatic rings. The Bertz CT molecular complexity index is 465. The van der Waals surface area contributed by atoms with Crippen molar-refractivity contribution in [3.8, 4) is 5.75 Å². The zero-order valence-corrected chi connectivity index (χ0v) is 10.3. The highest BCUT2D eigenvalue weighted by molar-refractivity contribution is 7.10. The fraction of sp³-hybridized carbons (Fsp3) is 0.231. The molecule has 0 amide bonds. The van der Waals surface area contributed by atoms with Gasteiger partial charge in [0, 0.05) is 4.88 Å². The van der Waals surface area contributed by atoms with Crippen molar-refractivity contribution >= 4 is 11.3 Å². The summed E-state index contributed by atoms with van der Waals surface area (Å²) in [7, 11) is 1.68. The fourth-order valence-electron chi connectivity index (χ4n) is 1.73. The highest BCUT2D eigenvalue weighted by atomic mass is 32.1. The van der Waals surface area contributed by atoms with Gasteiger partial charge >= 0.3 is 0 Å². The maximum atomic E-state index is 6.19. The molecule has 1 aromatic heterocycles. The fourth-order valence-corrected chi connectivity index (χ4v) is 2.48. The second kappa shape index (κ2) is 4.68. The molecule has 84 valence electrons. The predicted molar refractivity (Wildman–Crippen MR) is 68.1 cm³/mol. The molecule has 3 heteroatoms. The molecule has 2 rings (SSSR count). The molecule has 2 nitrogen and oxygen atoms in total. The van der Waals surface area contributed by atoms with Gasteiger partial charge in [0.15, 0.2) is 0 Å². The van der Waals surface area contributed by atoms with Crippen LogP contribution in [-0.4, -0.2) is 7.11 Å². The molecule has 0 saturated carbocycles. The summed E-state index contributed by atoms with van der Waals surface area (Å²) < 4.78 is 5.23. The number of hydrogen-bond donors (Lipinski definition) is 1. The minimum absolute atomic E-state index is 0.0374. The molecular weight excluding hydrogens is 218 g/mol. The minimum Gasteiger partial charge on any atom is -0.496 e. The van der Waals surface area contributed by atoms with Crippen molar-refractivity contribution in [2.24, 2.45) is 5.73 Å². The summed E-state index contributed by atoms with van der Waals surface area (Å²) in [6.45, 7) is 2.03. The molecule has 0 saturated heterocycles. The van der Waals surface area contributed by atoms with Crippen LogP contribution in [0.4, 0.5) is 0 Å². The van der Waals surface area contributed by atoms with E-state index in [0.717, 1.165) is 16.9 Å². The van der Waals surface area contributed by atoms with E-state index in [0.29, 0.717) is 0 Å². The molecule has 1 heterocycles. The lowest BCUT2D eigenvalue weighted by Gasteiger charge is -2.12. The lowest BCUT2D eigenvalue weighted by Crippen LogP contribution is -2.10. The Kier molecular flexibility index (Phi) is 3.27. The van der Waals surface area contributed by atoms with Crippen molar-refractivity contribution in [3.63, 3.8) is 0 Å². The largest absolute Gasteiger partial charge is 0.496 e.